The Labute approximate surface area is 156 Å². The van der Waals surface area contributed by atoms with Gasteiger partial charge in [0.2, 0.25) is 5.91 Å². The largest absolute Gasteiger partial charge is 0.342 e. The molecule has 0 aliphatic carbocycles. The van der Waals surface area contributed by atoms with Crippen molar-refractivity contribution in [3.8, 4) is 0 Å². The van der Waals surface area contributed by atoms with E-state index in [2.05, 4.69) is 10.3 Å². The predicted molar refractivity (Wildman–Crippen MR) is 103 cm³/mol. The van der Waals surface area contributed by atoms with Gasteiger partial charge in [0.25, 0.3) is 5.91 Å². The molecule has 2 aromatic carbocycles. The molecule has 0 bridgehead atoms. The number of hydrogen-bond acceptors (Lipinski definition) is 3. The van der Waals surface area contributed by atoms with Crippen LogP contribution in [0.5, 0.6) is 0 Å². The fourth-order valence-electron chi connectivity index (χ4n) is 4.07. The van der Waals surface area contributed by atoms with Crippen LogP contribution in [-0.4, -0.2) is 39.8 Å². The quantitative estimate of drug-likeness (QED) is 0.737. The fraction of sp³-hybridized carbons (Fsp3) is 0.286. The molecule has 1 aromatic heterocycles. The Kier molecular flexibility index (Phi) is 3.70. The number of amides is 2. The van der Waals surface area contributed by atoms with Crippen LogP contribution in [0.2, 0.25) is 0 Å². The topological polar surface area (TPSA) is 78.1 Å². The molecule has 2 amide bonds. The van der Waals surface area contributed by atoms with Crippen molar-refractivity contribution < 1.29 is 9.59 Å². The Morgan fingerprint density at radius 2 is 1.93 bits per heavy atom. The summed E-state index contributed by atoms with van der Waals surface area (Å²) in [6.07, 6.45) is 2.15. The molecule has 2 aliphatic rings. The smallest absolute Gasteiger partial charge is 0.253 e. The third kappa shape index (κ3) is 2.87. The summed E-state index contributed by atoms with van der Waals surface area (Å²) in [5, 5.41) is 2.80. The minimum atomic E-state index is -0.0127. The Morgan fingerprint density at radius 1 is 1.11 bits per heavy atom. The van der Waals surface area contributed by atoms with E-state index in [1.54, 1.807) is 6.07 Å². The highest BCUT2D eigenvalue weighted by Crippen LogP contribution is 2.29. The van der Waals surface area contributed by atoms with Crippen LogP contribution in [0.1, 0.15) is 40.5 Å². The van der Waals surface area contributed by atoms with Crippen LogP contribution in [0.3, 0.4) is 0 Å². The molecular weight excluding hydrogens is 340 g/mol. The van der Waals surface area contributed by atoms with E-state index < -0.39 is 0 Å². The van der Waals surface area contributed by atoms with Crippen molar-refractivity contribution in [1.29, 1.82) is 0 Å². The number of H-pyrrole nitrogens is 1. The second-order valence-corrected chi connectivity index (χ2v) is 7.30. The molecule has 3 heterocycles. The lowest BCUT2D eigenvalue weighted by Gasteiger charge is -2.31. The highest BCUT2D eigenvalue weighted by atomic mass is 16.2. The predicted octanol–water partition coefficient (Wildman–Crippen LogP) is 3.08. The van der Waals surface area contributed by atoms with Gasteiger partial charge in [-0.15, -0.1) is 0 Å². The average Bonchev–Trinajstić information content (AvgIpc) is 3.29. The van der Waals surface area contributed by atoms with E-state index in [0.717, 1.165) is 54.0 Å². The van der Waals surface area contributed by atoms with Crippen molar-refractivity contribution in [2.24, 2.45) is 0 Å². The zero-order chi connectivity index (χ0) is 18.4. The summed E-state index contributed by atoms with van der Waals surface area (Å²) in [5.41, 5.74) is 4.44. The summed E-state index contributed by atoms with van der Waals surface area (Å²) in [5.74, 6) is 1.40. The Morgan fingerprint density at radius 3 is 2.74 bits per heavy atom. The number of fused-ring (bicyclic) bond motifs is 2. The van der Waals surface area contributed by atoms with Gasteiger partial charge in [-0.05, 0) is 48.7 Å². The molecule has 0 saturated carbocycles. The maximum absolute atomic E-state index is 12.9. The molecule has 0 radical (unpaired) electrons. The Balaban J connectivity index is 1.28. The molecule has 2 N–H and O–H groups in total. The van der Waals surface area contributed by atoms with Gasteiger partial charge in [0.05, 0.1) is 17.5 Å². The number of aromatic nitrogens is 2. The summed E-state index contributed by atoms with van der Waals surface area (Å²) in [7, 11) is 0. The van der Waals surface area contributed by atoms with Gasteiger partial charge < -0.3 is 15.2 Å². The summed E-state index contributed by atoms with van der Waals surface area (Å²) in [6.45, 7) is 1.43. The molecule has 0 spiro atoms. The molecule has 6 heteroatoms. The second-order valence-electron chi connectivity index (χ2n) is 7.30. The second kappa shape index (κ2) is 6.23. The van der Waals surface area contributed by atoms with Gasteiger partial charge in [0.1, 0.15) is 5.82 Å². The van der Waals surface area contributed by atoms with Gasteiger partial charge in [-0.1, -0.05) is 12.1 Å². The average molecular weight is 360 g/mol. The molecule has 5 rings (SSSR count). The van der Waals surface area contributed by atoms with Gasteiger partial charge in [0, 0.05) is 30.3 Å². The molecule has 136 valence electrons. The first-order chi connectivity index (χ1) is 13.2. The number of nitrogens with one attached hydrogen (secondary N) is 2. The van der Waals surface area contributed by atoms with E-state index in [9.17, 15) is 9.59 Å². The van der Waals surface area contributed by atoms with E-state index in [1.807, 2.05) is 41.3 Å². The molecular formula is C21H20N4O2. The van der Waals surface area contributed by atoms with Crippen molar-refractivity contribution >= 4 is 28.5 Å². The molecule has 2 aliphatic heterocycles. The van der Waals surface area contributed by atoms with E-state index in [1.165, 1.54) is 0 Å². The number of imidazole rings is 1. The highest BCUT2D eigenvalue weighted by Gasteiger charge is 2.27. The number of likely N-dealkylation sites (tertiary alicyclic amines) is 1. The van der Waals surface area contributed by atoms with Gasteiger partial charge in [-0.25, -0.2) is 4.98 Å². The third-order valence-corrected chi connectivity index (χ3v) is 5.55. The molecule has 3 aromatic rings. The number of rotatable bonds is 2. The van der Waals surface area contributed by atoms with Crippen LogP contribution >= 0.6 is 0 Å². The molecule has 27 heavy (non-hydrogen) atoms. The number of carbonyl (C=O) groups is 2. The zero-order valence-corrected chi connectivity index (χ0v) is 14.9. The van der Waals surface area contributed by atoms with E-state index in [-0.39, 0.29) is 11.8 Å². The summed E-state index contributed by atoms with van der Waals surface area (Å²) in [6, 6.07) is 13.5. The first-order valence-electron chi connectivity index (χ1n) is 9.34. The van der Waals surface area contributed by atoms with Crippen molar-refractivity contribution in [1.82, 2.24) is 14.9 Å². The maximum atomic E-state index is 12.9. The van der Waals surface area contributed by atoms with Crippen LogP contribution in [0.25, 0.3) is 11.0 Å². The molecule has 6 nitrogen and oxygen atoms in total. The van der Waals surface area contributed by atoms with Gasteiger partial charge in [-0.2, -0.15) is 0 Å². The lowest BCUT2D eigenvalue weighted by molar-refractivity contribution is -0.115. The number of benzene rings is 2. The highest BCUT2D eigenvalue weighted by molar-refractivity contribution is 6.01. The summed E-state index contributed by atoms with van der Waals surface area (Å²) in [4.78, 5) is 34.4. The summed E-state index contributed by atoms with van der Waals surface area (Å²) >= 11 is 0. The van der Waals surface area contributed by atoms with Crippen molar-refractivity contribution in [2.75, 3.05) is 18.4 Å². The third-order valence-electron chi connectivity index (χ3n) is 5.55. The number of aromatic amines is 1. The number of hydrogen-bond donors (Lipinski definition) is 2. The minimum absolute atomic E-state index is 0.0127. The van der Waals surface area contributed by atoms with Crippen molar-refractivity contribution in [3.05, 3.63) is 59.4 Å². The number of anilines is 1. The number of carbonyl (C=O) groups excluding carboxylic acids is 2. The fourth-order valence-corrected chi connectivity index (χ4v) is 4.07. The zero-order valence-electron chi connectivity index (χ0n) is 14.9. The Hall–Kier alpha value is -3.15. The number of nitrogens with zero attached hydrogens (tertiary/aromatic N) is 2. The van der Waals surface area contributed by atoms with Crippen LogP contribution in [0.4, 0.5) is 5.69 Å². The minimum Gasteiger partial charge on any atom is -0.342 e. The SMILES string of the molecule is O=C1Cc2cc(C(=O)N3CCC(c4nc5ccccc5[nH]4)CC3)ccc2N1. The van der Waals surface area contributed by atoms with Gasteiger partial charge in [0.15, 0.2) is 0 Å². The Bertz CT molecular complexity index is 1010. The van der Waals surface area contributed by atoms with Crippen molar-refractivity contribution in [3.63, 3.8) is 0 Å². The monoisotopic (exact) mass is 360 g/mol. The maximum Gasteiger partial charge on any atom is 0.253 e. The molecule has 0 unspecified atom stereocenters. The molecule has 0 atom stereocenters. The standard InChI is InChI=1S/C21H20N4O2/c26-19-12-15-11-14(5-6-16(15)22-19)21(27)25-9-7-13(8-10-25)20-23-17-3-1-2-4-18(17)24-20/h1-6,11,13H,7-10,12H2,(H,22,26)(H,23,24). The number of piperidine rings is 1. The molecule has 1 fully saturated rings. The van der Waals surface area contributed by atoms with Crippen LogP contribution in [0.15, 0.2) is 42.5 Å². The van der Waals surface area contributed by atoms with Crippen LogP contribution < -0.4 is 5.32 Å². The van der Waals surface area contributed by atoms with E-state index >= 15 is 0 Å². The first-order valence-corrected chi connectivity index (χ1v) is 9.34. The summed E-state index contributed by atoms with van der Waals surface area (Å²) < 4.78 is 0. The van der Waals surface area contributed by atoms with Crippen molar-refractivity contribution in [2.45, 2.75) is 25.2 Å². The number of para-hydroxylation sites is 2. The lowest BCUT2D eigenvalue weighted by Crippen LogP contribution is -2.38. The van der Waals surface area contributed by atoms with E-state index in [4.69, 9.17) is 4.98 Å². The normalized spacial score (nSPS) is 17.2. The first kappa shape index (κ1) is 16.1. The van der Waals surface area contributed by atoms with E-state index in [0.29, 0.717) is 17.9 Å². The van der Waals surface area contributed by atoms with Gasteiger partial charge in [-0.3, -0.25) is 9.59 Å². The molecule has 1 saturated heterocycles. The van der Waals surface area contributed by atoms with Crippen LogP contribution in [0, 0.1) is 0 Å². The lowest BCUT2D eigenvalue weighted by atomic mass is 9.95. The van der Waals surface area contributed by atoms with Crippen LogP contribution in [-0.2, 0) is 11.2 Å². The van der Waals surface area contributed by atoms with Gasteiger partial charge >= 0.3 is 0 Å².